The molecule has 2 heterocycles. The first-order valence-electron chi connectivity index (χ1n) is 5.10. The van der Waals surface area contributed by atoms with Gasteiger partial charge in [0, 0.05) is 31.6 Å². The van der Waals surface area contributed by atoms with Crippen molar-refractivity contribution < 1.29 is 4.79 Å². The van der Waals surface area contributed by atoms with Crippen molar-refractivity contribution in [1.82, 2.24) is 19.7 Å². The average molecular weight is 216 g/mol. The Hall–Kier alpha value is -2.04. The summed E-state index contributed by atoms with van der Waals surface area (Å²) in [6.45, 7) is 2.81. The van der Waals surface area contributed by atoms with Crippen LogP contribution in [-0.4, -0.2) is 25.5 Å². The monoisotopic (exact) mass is 216 g/mol. The molecule has 0 N–H and O–H groups in total. The first kappa shape index (κ1) is 10.5. The smallest absolute Gasteiger partial charge is 0.187 e. The van der Waals surface area contributed by atoms with Crippen molar-refractivity contribution in [2.75, 3.05) is 0 Å². The van der Waals surface area contributed by atoms with E-state index in [9.17, 15) is 4.79 Å². The van der Waals surface area contributed by atoms with E-state index >= 15 is 0 Å². The van der Waals surface area contributed by atoms with Crippen molar-refractivity contribution in [2.24, 2.45) is 0 Å². The molecule has 5 nitrogen and oxygen atoms in total. The summed E-state index contributed by atoms with van der Waals surface area (Å²) in [7, 11) is 0. The van der Waals surface area contributed by atoms with Gasteiger partial charge in [0.15, 0.2) is 5.78 Å². The summed E-state index contributed by atoms with van der Waals surface area (Å²) in [5.41, 5.74) is 1.30. The number of aryl methyl sites for hydroxylation is 1. The molecule has 0 saturated heterocycles. The van der Waals surface area contributed by atoms with Gasteiger partial charge in [-0.15, -0.1) is 0 Å². The number of aromatic nitrogens is 4. The van der Waals surface area contributed by atoms with Crippen molar-refractivity contribution in [3.63, 3.8) is 0 Å². The van der Waals surface area contributed by atoms with Crippen molar-refractivity contribution in [3.8, 4) is 0 Å². The van der Waals surface area contributed by atoms with Gasteiger partial charge in [-0.3, -0.25) is 14.5 Å². The van der Waals surface area contributed by atoms with E-state index in [4.69, 9.17) is 0 Å². The zero-order valence-electron chi connectivity index (χ0n) is 9.00. The summed E-state index contributed by atoms with van der Waals surface area (Å²) in [6, 6.07) is 0. The molecule has 0 saturated carbocycles. The Kier molecular flexibility index (Phi) is 3.05. The van der Waals surface area contributed by atoms with Crippen LogP contribution in [0.4, 0.5) is 0 Å². The zero-order valence-corrected chi connectivity index (χ0v) is 9.00. The van der Waals surface area contributed by atoms with Crippen LogP contribution in [-0.2, 0) is 13.0 Å². The fourth-order valence-electron chi connectivity index (χ4n) is 1.39. The minimum atomic E-state index is -0.0382. The molecule has 0 atom stereocenters. The molecule has 2 rings (SSSR count). The van der Waals surface area contributed by atoms with Gasteiger partial charge in [-0.2, -0.15) is 5.10 Å². The van der Waals surface area contributed by atoms with Gasteiger partial charge in [0.1, 0.15) is 5.69 Å². The number of hydrogen-bond acceptors (Lipinski definition) is 4. The fraction of sp³-hybridized carbons (Fsp3) is 0.273. The largest absolute Gasteiger partial charge is 0.292 e. The van der Waals surface area contributed by atoms with E-state index in [1.165, 1.54) is 12.4 Å². The molecule has 0 aliphatic rings. The summed E-state index contributed by atoms with van der Waals surface area (Å²) >= 11 is 0. The Labute approximate surface area is 93.2 Å². The third-order valence-corrected chi connectivity index (χ3v) is 2.22. The average Bonchev–Trinajstić information content (AvgIpc) is 2.78. The van der Waals surface area contributed by atoms with Crippen LogP contribution in [0.2, 0.25) is 0 Å². The van der Waals surface area contributed by atoms with Gasteiger partial charge >= 0.3 is 0 Å². The molecule has 0 amide bonds. The first-order valence-corrected chi connectivity index (χ1v) is 5.10. The summed E-state index contributed by atoms with van der Waals surface area (Å²) in [5.74, 6) is -0.0382. The van der Waals surface area contributed by atoms with E-state index in [1.807, 2.05) is 13.1 Å². The molecular formula is C11H12N4O. The second kappa shape index (κ2) is 4.65. The minimum Gasteiger partial charge on any atom is -0.292 e. The molecule has 16 heavy (non-hydrogen) atoms. The molecule has 0 bridgehead atoms. The molecule has 2 aromatic rings. The molecule has 0 radical (unpaired) electrons. The van der Waals surface area contributed by atoms with Crippen LogP contribution >= 0.6 is 0 Å². The van der Waals surface area contributed by atoms with Crippen LogP contribution in [0.5, 0.6) is 0 Å². The lowest BCUT2D eigenvalue weighted by Gasteiger charge is -1.96. The number of hydrogen-bond donors (Lipinski definition) is 0. The highest BCUT2D eigenvalue weighted by atomic mass is 16.1. The molecular weight excluding hydrogens is 204 g/mol. The summed E-state index contributed by atoms with van der Waals surface area (Å²) < 4.78 is 1.79. The minimum absolute atomic E-state index is 0.0382. The van der Waals surface area contributed by atoms with Crippen LogP contribution in [0.1, 0.15) is 23.0 Å². The van der Waals surface area contributed by atoms with E-state index < -0.39 is 0 Å². The van der Waals surface area contributed by atoms with E-state index in [2.05, 4.69) is 15.1 Å². The molecule has 5 heteroatoms. The number of nitrogens with zero attached hydrogens (tertiary/aromatic N) is 4. The molecule has 0 aromatic carbocycles. The van der Waals surface area contributed by atoms with Crippen LogP contribution in [0.15, 0.2) is 31.0 Å². The normalized spacial score (nSPS) is 10.3. The van der Waals surface area contributed by atoms with Gasteiger partial charge in [0.05, 0.1) is 12.4 Å². The maximum absolute atomic E-state index is 11.8. The van der Waals surface area contributed by atoms with E-state index in [1.54, 1.807) is 17.1 Å². The van der Waals surface area contributed by atoms with Crippen molar-refractivity contribution in [1.29, 1.82) is 0 Å². The molecule has 0 aliphatic carbocycles. The Morgan fingerprint density at radius 3 is 2.88 bits per heavy atom. The Morgan fingerprint density at radius 2 is 2.25 bits per heavy atom. The molecule has 0 unspecified atom stereocenters. The number of carbonyl (C=O) groups is 1. The maximum atomic E-state index is 11.8. The highest BCUT2D eigenvalue weighted by Crippen LogP contribution is 2.03. The lowest BCUT2D eigenvalue weighted by Crippen LogP contribution is -2.05. The van der Waals surface area contributed by atoms with Crippen LogP contribution < -0.4 is 0 Å². The Morgan fingerprint density at radius 1 is 1.38 bits per heavy atom. The standard InChI is InChI=1S/C11H12N4O/c1-2-15-8-9(6-14-15)5-11(16)10-7-12-3-4-13-10/h3-4,6-8H,2,5H2,1H3. The number of rotatable bonds is 4. The van der Waals surface area contributed by atoms with Gasteiger partial charge in [0.2, 0.25) is 0 Å². The van der Waals surface area contributed by atoms with Crippen molar-refractivity contribution in [2.45, 2.75) is 19.9 Å². The Bertz CT molecular complexity index is 478. The van der Waals surface area contributed by atoms with Crippen LogP contribution in [0.25, 0.3) is 0 Å². The number of carbonyl (C=O) groups excluding carboxylic acids is 1. The molecule has 0 spiro atoms. The predicted molar refractivity (Wildman–Crippen MR) is 58.0 cm³/mol. The van der Waals surface area contributed by atoms with Gasteiger partial charge in [-0.25, -0.2) is 4.98 Å². The highest BCUT2D eigenvalue weighted by molar-refractivity contribution is 5.95. The molecule has 2 aromatic heterocycles. The third-order valence-electron chi connectivity index (χ3n) is 2.22. The maximum Gasteiger partial charge on any atom is 0.187 e. The fourth-order valence-corrected chi connectivity index (χ4v) is 1.39. The van der Waals surface area contributed by atoms with E-state index in [-0.39, 0.29) is 5.78 Å². The molecule has 82 valence electrons. The second-order valence-corrected chi connectivity index (χ2v) is 3.39. The van der Waals surface area contributed by atoms with Gasteiger partial charge in [-0.05, 0) is 12.5 Å². The van der Waals surface area contributed by atoms with E-state index in [0.29, 0.717) is 12.1 Å². The summed E-state index contributed by atoms with van der Waals surface area (Å²) in [4.78, 5) is 19.6. The predicted octanol–water partition coefficient (Wildman–Crippen LogP) is 1.12. The molecule has 0 fully saturated rings. The first-order chi connectivity index (χ1) is 7.79. The second-order valence-electron chi connectivity index (χ2n) is 3.39. The number of Topliss-reactive ketones (excluding diaryl/α,β-unsaturated/α-hetero) is 1. The Balaban J connectivity index is 2.08. The number of ketones is 1. The van der Waals surface area contributed by atoms with Gasteiger partial charge < -0.3 is 0 Å². The topological polar surface area (TPSA) is 60.7 Å². The van der Waals surface area contributed by atoms with Gasteiger partial charge in [-0.1, -0.05) is 0 Å². The summed E-state index contributed by atoms with van der Waals surface area (Å²) in [5, 5.41) is 4.11. The van der Waals surface area contributed by atoms with Crippen LogP contribution in [0.3, 0.4) is 0 Å². The summed E-state index contributed by atoms with van der Waals surface area (Å²) in [6.07, 6.45) is 8.44. The quantitative estimate of drug-likeness (QED) is 0.718. The van der Waals surface area contributed by atoms with Crippen molar-refractivity contribution >= 4 is 5.78 Å². The zero-order chi connectivity index (χ0) is 11.4. The SMILES string of the molecule is CCn1cc(CC(=O)c2cnccn2)cn1. The molecule has 0 aliphatic heterocycles. The lowest BCUT2D eigenvalue weighted by molar-refractivity contribution is 0.0988. The highest BCUT2D eigenvalue weighted by Gasteiger charge is 2.09. The van der Waals surface area contributed by atoms with E-state index in [0.717, 1.165) is 12.1 Å². The third kappa shape index (κ3) is 2.31. The van der Waals surface area contributed by atoms with Gasteiger partial charge in [0.25, 0.3) is 0 Å². The lowest BCUT2D eigenvalue weighted by atomic mass is 10.1. The van der Waals surface area contributed by atoms with Crippen molar-refractivity contribution in [3.05, 3.63) is 42.2 Å². The van der Waals surface area contributed by atoms with Crippen LogP contribution in [0, 0.1) is 0 Å².